The van der Waals surface area contributed by atoms with Crippen molar-refractivity contribution < 1.29 is 4.92 Å². The van der Waals surface area contributed by atoms with E-state index in [0.29, 0.717) is 24.5 Å². The van der Waals surface area contributed by atoms with Gasteiger partial charge in [-0.2, -0.15) is 0 Å². The Balaban J connectivity index is 1.97. The predicted molar refractivity (Wildman–Crippen MR) is 81.1 cm³/mol. The van der Waals surface area contributed by atoms with E-state index in [1.165, 1.54) is 6.20 Å². The first-order valence-corrected chi connectivity index (χ1v) is 7.69. The molecule has 0 spiro atoms. The first kappa shape index (κ1) is 15.9. The summed E-state index contributed by atoms with van der Waals surface area (Å²) >= 11 is 0. The quantitative estimate of drug-likeness (QED) is 0.637. The van der Waals surface area contributed by atoms with Gasteiger partial charge in [0.2, 0.25) is 0 Å². The molecule has 0 saturated heterocycles. The number of nitro groups is 1. The summed E-state index contributed by atoms with van der Waals surface area (Å²) < 4.78 is 1.69. The Morgan fingerprint density at radius 2 is 2.14 bits per heavy atom. The first-order chi connectivity index (χ1) is 10.0. The molecule has 0 unspecified atom stereocenters. The molecule has 0 aliphatic heterocycles. The number of nitrogens with zero attached hydrogens (tertiary/aromatic N) is 4. The van der Waals surface area contributed by atoms with Crippen molar-refractivity contribution in [1.29, 1.82) is 0 Å². The van der Waals surface area contributed by atoms with Crippen LogP contribution in [0.25, 0.3) is 0 Å². The van der Waals surface area contributed by atoms with E-state index in [0.717, 1.165) is 38.8 Å². The van der Waals surface area contributed by atoms with Crippen molar-refractivity contribution in [2.24, 2.45) is 5.73 Å². The fourth-order valence-corrected chi connectivity index (χ4v) is 3.17. The summed E-state index contributed by atoms with van der Waals surface area (Å²) in [5.74, 6) is 0.776. The molecule has 1 fully saturated rings. The molecule has 1 aliphatic carbocycles. The maximum absolute atomic E-state index is 11.0. The lowest BCUT2D eigenvalue weighted by molar-refractivity contribution is -0.392. The molecular weight excluding hydrogens is 270 g/mol. The van der Waals surface area contributed by atoms with E-state index in [9.17, 15) is 10.1 Å². The van der Waals surface area contributed by atoms with Crippen LogP contribution in [0.3, 0.4) is 0 Å². The molecular formula is C14H25N5O2. The van der Waals surface area contributed by atoms with E-state index in [4.69, 9.17) is 5.73 Å². The zero-order valence-corrected chi connectivity index (χ0v) is 12.9. The van der Waals surface area contributed by atoms with Gasteiger partial charge < -0.3 is 15.8 Å². The highest BCUT2D eigenvalue weighted by Crippen LogP contribution is 2.22. The molecule has 0 bridgehead atoms. The van der Waals surface area contributed by atoms with Crippen LogP contribution in [0.4, 0.5) is 5.82 Å². The monoisotopic (exact) mass is 295 g/mol. The van der Waals surface area contributed by atoms with Gasteiger partial charge in [-0.15, -0.1) is 0 Å². The van der Waals surface area contributed by atoms with Crippen LogP contribution in [0.2, 0.25) is 0 Å². The van der Waals surface area contributed by atoms with Gasteiger partial charge in [-0.3, -0.25) is 4.90 Å². The normalized spacial score (nSPS) is 22.7. The zero-order valence-electron chi connectivity index (χ0n) is 12.9. The number of aromatic nitrogens is 2. The average Bonchev–Trinajstić information content (AvgIpc) is 2.83. The van der Waals surface area contributed by atoms with Gasteiger partial charge in [-0.05, 0) is 37.2 Å². The standard InChI is InChI=1S/C14H25N5O2/c1-3-17(13-6-4-12(15)5-7-13)8-9-18-11(2)16-10-14(18)19(20)21/h10,12-13H,3-9,15H2,1-2H3. The summed E-state index contributed by atoms with van der Waals surface area (Å²) in [6, 6.07) is 0.898. The third kappa shape index (κ3) is 3.79. The number of hydrogen-bond donors (Lipinski definition) is 1. The van der Waals surface area contributed by atoms with E-state index < -0.39 is 0 Å². The number of imidazole rings is 1. The average molecular weight is 295 g/mol. The second-order valence-corrected chi connectivity index (χ2v) is 5.77. The number of nitrogens with two attached hydrogens (primary N) is 1. The minimum atomic E-state index is -0.365. The molecule has 1 saturated carbocycles. The highest BCUT2D eigenvalue weighted by molar-refractivity contribution is 5.18. The van der Waals surface area contributed by atoms with Crippen LogP contribution >= 0.6 is 0 Å². The van der Waals surface area contributed by atoms with Gasteiger partial charge in [0.25, 0.3) is 0 Å². The molecule has 21 heavy (non-hydrogen) atoms. The predicted octanol–water partition coefficient (Wildman–Crippen LogP) is 1.69. The van der Waals surface area contributed by atoms with Crippen LogP contribution in [0.15, 0.2) is 6.20 Å². The molecule has 1 aromatic heterocycles. The third-order valence-electron chi connectivity index (χ3n) is 4.50. The maximum Gasteiger partial charge on any atom is 0.342 e. The minimum Gasteiger partial charge on any atom is -0.358 e. The summed E-state index contributed by atoms with van der Waals surface area (Å²) in [4.78, 5) is 17.1. The molecule has 2 N–H and O–H groups in total. The zero-order chi connectivity index (χ0) is 15.4. The second kappa shape index (κ2) is 7.00. The minimum absolute atomic E-state index is 0.0780. The number of hydrogen-bond acceptors (Lipinski definition) is 5. The van der Waals surface area contributed by atoms with Crippen molar-refractivity contribution in [3.63, 3.8) is 0 Å². The maximum atomic E-state index is 11.0. The summed E-state index contributed by atoms with van der Waals surface area (Å²) in [6.45, 7) is 6.33. The molecule has 0 atom stereocenters. The van der Waals surface area contributed by atoms with Gasteiger partial charge in [0.15, 0.2) is 5.82 Å². The van der Waals surface area contributed by atoms with Gasteiger partial charge in [0.1, 0.15) is 12.7 Å². The van der Waals surface area contributed by atoms with Crippen LogP contribution in [-0.4, -0.2) is 44.5 Å². The van der Waals surface area contributed by atoms with Crippen LogP contribution in [0.1, 0.15) is 38.4 Å². The molecule has 7 nitrogen and oxygen atoms in total. The van der Waals surface area contributed by atoms with Crippen molar-refractivity contribution in [3.05, 3.63) is 22.1 Å². The molecule has 118 valence electrons. The van der Waals surface area contributed by atoms with Gasteiger partial charge in [-0.1, -0.05) is 6.92 Å². The van der Waals surface area contributed by atoms with Gasteiger partial charge in [-0.25, -0.2) is 9.55 Å². The van der Waals surface area contributed by atoms with Crippen molar-refractivity contribution in [1.82, 2.24) is 14.5 Å². The van der Waals surface area contributed by atoms with Crippen LogP contribution in [-0.2, 0) is 6.54 Å². The lowest BCUT2D eigenvalue weighted by atomic mass is 9.91. The highest BCUT2D eigenvalue weighted by atomic mass is 16.6. The summed E-state index contributed by atoms with van der Waals surface area (Å²) in [6.07, 6.45) is 5.74. The summed E-state index contributed by atoms with van der Waals surface area (Å²) in [7, 11) is 0. The SMILES string of the molecule is CCN(CCn1c([N+](=O)[O-])cnc1C)C1CCC(N)CC1. The van der Waals surface area contributed by atoms with Crippen LogP contribution in [0.5, 0.6) is 0 Å². The van der Waals surface area contributed by atoms with E-state index >= 15 is 0 Å². The fraction of sp³-hybridized carbons (Fsp3) is 0.786. The molecule has 0 amide bonds. The Morgan fingerprint density at radius 1 is 1.48 bits per heavy atom. The van der Waals surface area contributed by atoms with E-state index in [1.54, 1.807) is 4.57 Å². The molecule has 0 radical (unpaired) electrons. The molecule has 1 aromatic rings. The Labute approximate surface area is 125 Å². The smallest absolute Gasteiger partial charge is 0.342 e. The molecule has 7 heteroatoms. The lowest BCUT2D eigenvalue weighted by Gasteiger charge is -2.35. The van der Waals surface area contributed by atoms with E-state index in [2.05, 4.69) is 16.8 Å². The second-order valence-electron chi connectivity index (χ2n) is 5.77. The first-order valence-electron chi connectivity index (χ1n) is 7.69. The number of aryl methyl sites for hydroxylation is 1. The number of likely N-dealkylation sites (N-methyl/N-ethyl adjacent to an activating group) is 1. The van der Waals surface area contributed by atoms with Gasteiger partial charge in [0.05, 0.1) is 0 Å². The van der Waals surface area contributed by atoms with Crippen molar-refractivity contribution in [3.8, 4) is 0 Å². The van der Waals surface area contributed by atoms with Crippen LogP contribution in [0, 0.1) is 17.0 Å². The molecule has 1 aliphatic rings. The number of rotatable bonds is 6. The van der Waals surface area contributed by atoms with E-state index in [1.807, 2.05) is 6.92 Å². The third-order valence-corrected chi connectivity index (χ3v) is 4.50. The highest BCUT2D eigenvalue weighted by Gasteiger charge is 2.25. The fourth-order valence-electron chi connectivity index (χ4n) is 3.17. The molecule has 0 aromatic carbocycles. The van der Waals surface area contributed by atoms with Gasteiger partial charge in [0, 0.05) is 25.6 Å². The lowest BCUT2D eigenvalue weighted by Crippen LogP contribution is -2.42. The Morgan fingerprint density at radius 3 is 2.71 bits per heavy atom. The summed E-state index contributed by atoms with van der Waals surface area (Å²) in [5, 5.41) is 11.0. The topological polar surface area (TPSA) is 90.2 Å². The Hall–Kier alpha value is -1.47. The molecule has 2 rings (SSSR count). The van der Waals surface area contributed by atoms with Crippen LogP contribution < -0.4 is 5.73 Å². The van der Waals surface area contributed by atoms with Crippen molar-refractivity contribution >= 4 is 5.82 Å². The van der Waals surface area contributed by atoms with E-state index in [-0.39, 0.29) is 10.7 Å². The molecule has 1 heterocycles. The largest absolute Gasteiger partial charge is 0.358 e. The Bertz CT molecular complexity index is 480. The van der Waals surface area contributed by atoms with Crippen molar-refractivity contribution in [2.75, 3.05) is 13.1 Å². The van der Waals surface area contributed by atoms with Gasteiger partial charge >= 0.3 is 5.82 Å². The van der Waals surface area contributed by atoms with Crippen molar-refractivity contribution in [2.45, 2.75) is 58.2 Å². The Kier molecular flexibility index (Phi) is 5.30. The summed E-state index contributed by atoms with van der Waals surface area (Å²) in [5.41, 5.74) is 5.96.